The van der Waals surface area contributed by atoms with Crippen molar-refractivity contribution < 1.29 is 13.9 Å². The monoisotopic (exact) mass is 383 g/mol. The molecule has 0 amide bonds. The molecular weight excluding hydrogens is 361 g/mol. The van der Waals surface area contributed by atoms with Crippen molar-refractivity contribution in [1.82, 2.24) is 14.5 Å². The Bertz CT molecular complexity index is 1080. The summed E-state index contributed by atoms with van der Waals surface area (Å²) in [5.74, 6) is 1.58. The Balaban J connectivity index is 1.67. The minimum Gasteiger partial charge on any atom is -0.493 e. The number of halogens is 1. The van der Waals surface area contributed by atoms with Crippen LogP contribution in [0.25, 0.3) is 10.9 Å². The van der Waals surface area contributed by atoms with Crippen molar-refractivity contribution in [2.24, 2.45) is 0 Å². The van der Waals surface area contributed by atoms with E-state index in [4.69, 9.17) is 14.5 Å². The van der Waals surface area contributed by atoms with Crippen LogP contribution in [-0.2, 0) is 19.5 Å². The Labute approximate surface area is 162 Å². The van der Waals surface area contributed by atoms with E-state index in [1.165, 1.54) is 6.07 Å². The Morgan fingerprint density at radius 3 is 2.57 bits per heavy atom. The molecule has 7 heteroatoms. The summed E-state index contributed by atoms with van der Waals surface area (Å²) in [6, 6.07) is 10.2. The Hall–Kier alpha value is -2.93. The van der Waals surface area contributed by atoms with Gasteiger partial charge in [-0.05, 0) is 12.1 Å². The zero-order chi connectivity index (χ0) is 19.7. The molecule has 3 aromatic rings. The molecule has 0 N–H and O–H groups in total. The van der Waals surface area contributed by atoms with Crippen LogP contribution in [0.5, 0.6) is 11.5 Å². The van der Waals surface area contributed by atoms with Crippen LogP contribution >= 0.6 is 0 Å². The van der Waals surface area contributed by atoms with Gasteiger partial charge in [-0.3, -0.25) is 14.3 Å². The molecule has 2 aromatic carbocycles. The second kappa shape index (κ2) is 7.59. The van der Waals surface area contributed by atoms with Gasteiger partial charge >= 0.3 is 0 Å². The van der Waals surface area contributed by atoms with Crippen molar-refractivity contribution in [1.29, 1.82) is 0 Å². The molecule has 0 unspecified atom stereocenters. The quantitative estimate of drug-likeness (QED) is 0.693. The van der Waals surface area contributed by atoms with Gasteiger partial charge in [0.1, 0.15) is 11.6 Å². The molecule has 1 aromatic heterocycles. The predicted octanol–water partition coefficient (Wildman–Crippen LogP) is 2.61. The van der Waals surface area contributed by atoms with Crippen LogP contribution in [0.3, 0.4) is 0 Å². The predicted molar refractivity (Wildman–Crippen MR) is 104 cm³/mol. The number of nitrogens with zero attached hydrogens (tertiary/aromatic N) is 3. The van der Waals surface area contributed by atoms with Crippen LogP contribution in [-0.4, -0.2) is 41.8 Å². The van der Waals surface area contributed by atoms with E-state index in [-0.39, 0.29) is 11.4 Å². The van der Waals surface area contributed by atoms with Gasteiger partial charge in [0, 0.05) is 44.2 Å². The van der Waals surface area contributed by atoms with E-state index < -0.39 is 0 Å². The highest BCUT2D eigenvalue weighted by Crippen LogP contribution is 2.30. The average molecular weight is 383 g/mol. The molecular formula is C21H22FN3O3. The highest BCUT2D eigenvalue weighted by atomic mass is 19.1. The van der Waals surface area contributed by atoms with Crippen molar-refractivity contribution in [3.63, 3.8) is 0 Å². The van der Waals surface area contributed by atoms with Crippen LogP contribution in [0, 0.1) is 5.82 Å². The van der Waals surface area contributed by atoms with Crippen molar-refractivity contribution in [2.75, 3.05) is 27.3 Å². The molecule has 0 saturated carbocycles. The zero-order valence-corrected chi connectivity index (χ0v) is 15.9. The minimum absolute atomic E-state index is 0.0892. The molecule has 2 heterocycles. The number of rotatable bonds is 4. The Morgan fingerprint density at radius 1 is 1.07 bits per heavy atom. The first-order valence-corrected chi connectivity index (χ1v) is 9.22. The fraction of sp³-hybridized carbons (Fsp3) is 0.333. The smallest absolute Gasteiger partial charge is 0.261 e. The highest BCUT2D eigenvalue weighted by Gasteiger charge is 2.20. The lowest BCUT2D eigenvalue weighted by atomic mass is 10.2. The number of hydrogen-bond acceptors (Lipinski definition) is 5. The third-order valence-corrected chi connectivity index (χ3v) is 5.18. The molecule has 28 heavy (non-hydrogen) atoms. The van der Waals surface area contributed by atoms with Crippen LogP contribution < -0.4 is 15.0 Å². The van der Waals surface area contributed by atoms with Crippen LogP contribution in [0.4, 0.5) is 4.39 Å². The molecule has 4 rings (SSSR count). The third-order valence-electron chi connectivity index (χ3n) is 5.18. The van der Waals surface area contributed by atoms with Gasteiger partial charge in [-0.15, -0.1) is 0 Å². The number of methoxy groups -OCH3 is 2. The molecule has 1 aliphatic heterocycles. The van der Waals surface area contributed by atoms with Crippen molar-refractivity contribution in [3.8, 4) is 11.5 Å². The molecule has 146 valence electrons. The van der Waals surface area contributed by atoms with Gasteiger partial charge in [-0.25, -0.2) is 9.37 Å². The van der Waals surface area contributed by atoms with Crippen molar-refractivity contribution in [2.45, 2.75) is 19.5 Å². The minimum atomic E-state index is -0.204. The molecule has 0 spiro atoms. The molecule has 0 bridgehead atoms. The lowest BCUT2D eigenvalue weighted by Gasteiger charge is -2.19. The molecule has 0 saturated heterocycles. The number of aromatic nitrogens is 2. The lowest BCUT2D eigenvalue weighted by molar-refractivity contribution is 0.267. The molecule has 0 fully saturated rings. The average Bonchev–Trinajstić information content (AvgIpc) is 2.91. The van der Waals surface area contributed by atoms with Gasteiger partial charge < -0.3 is 9.47 Å². The summed E-state index contributed by atoms with van der Waals surface area (Å²) in [5, 5.41) is 0.504. The summed E-state index contributed by atoms with van der Waals surface area (Å²) < 4.78 is 26.4. The fourth-order valence-electron chi connectivity index (χ4n) is 3.65. The van der Waals surface area contributed by atoms with E-state index in [0.717, 1.165) is 5.82 Å². The SMILES string of the molecule is COc1cc2nc3n(c(=O)c2cc1OC)CCN(Cc1ccccc1F)CC3. The van der Waals surface area contributed by atoms with E-state index in [2.05, 4.69) is 4.90 Å². The van der Waals surface area contributed by atoms with E-state index in [1.54, 1.807) is 43.1 Å². The summed E-state index contributed by atoms with van der Waals surface area (Å²) in [4.78, 5) is 19.9. The van der Waals surface area contributed by atoms with E-state index in [0.29, 0.717) is 60.6 Å². The Kier molecular flexibility index (Phi) is 5.00. The maximum absolute atomic E-state index is 14.0. The lowest BCUT2D eigenvalue weighted by Crippen LogP contribution is -2.29. The summed E-state index contributed by atoms with van der Waals surface area (Å²) in [6.07, 6.45) is 0.619. The van der Waals surface area contributed by atoms with Gasteiger partial charge in [-0.2, -0.15) is 0 Å². The first kappa shape index (κ1) is 18.4. The maximum Gasteiger partial charge on any atom is 0.261 e. The summed E-state index contributed by atoms with van der Waals surface area (Å²) in [7, 11) is 3.10. The Morgan fingerprint density at radius 2 is 1.82 bits per heavy atom. The van der Waals surface area contributed by atoms with Gasteiger partial charge in [0.15, 0.2) is 11.5 Å². The van der Waals surface area contributed by atoms with Gasteiger partial charge in [0.25, 0.3) is 5.56 Å². The number of ether oxygens (including phenoxy) is 2. The summed E-state index contributed by atoms with van der Waals surface area (Å²) in [5.41, 5.74) is 1.17. The van der Waals surface area contributed by atoms with Crippen molar-refractivity contribution in [3.05, 3.63) is 64.0 Å². The molecule has 0 atom stereocenters. The molecule has 6 nitrogen and oxygen atoms in total. The summed E-state index contributed by atoms with van der Waals surface area (Å²) >= 11 is 0. The second-order valence-electron chi connectivity index (χ2n) is 6.83. The molecule has 0 aliphatic carbocycles. The molecule has 0 radical (unpaired) electrons. The molecule has 1 aliphatic rings. The van der Waals surface area contributed by atoms with Gasteiger partial charge in [0.05, 0.1) is 25.1 Å². The second-order valence-corrected chi connectivity index (χ2v) is 6.83. The van der Waals surface area contributed by atoms with E-state index in [1.807, 2.05) is 6.07 Å². The first-order chi connectivity index (χ1) is 13.6. The van der Waals surface area contributed by atoms with Crippen LogP contribution in [0.2, 0.25) is 0 Å². The standard InChI is InChI=1S/C21H22FN3O3/c1-27-18-11-15-17(12-19(18)28-2)23-20-7-8-24(9-10-25(20)21(15)26)13-14-5-3-4-6-16(14)22/h3-6,11-12H,7-10,13H2,1-2H3. The van der Waals surface area contributed by atoms with Crippen LogP contribution in [0.1, 0.15) is 11.4 Å². The topological polar surface area (TPSA) is 56.6 Å². The maximum atomic E-state index is 14.0. The summed E-state index contributed by atoms with van der Waals surface area (Å²) in [6.45, 7) is 2.39. The number of fused-ring (bicyclic) bond motifs is 2. The first-order valence-electron chi connectivity index (χ1n) is 9.22. The van der Waals surface area contributed by atoms with Crippen LogP contribution in [0.15, 0.2) is 41.2 Å². The fourth-order valence-corrected chi connectivity index (χ4v) is 3.65. The van der Waals surface area contributed by atoms with E-state index in [9.17, 15) is 9.18 Å². The number of benzene rings is 2. The zero-order valence-electron chi connectivity index (χ0n) is 15.9. The third kappa shape index (κ3) is 3.33. The largest absolute Gasteiger partial charge is 0.493 e. The number of hydrogen-bond donors (Lipinski definition) is 0. The van der Waals surface area contributed by atoms with Gasteiger partial charge in [-0.1, -0.05) is 18.2 Å². The van der Waals surface area contributed by atoms with E-state index >= 15 is 0 Å². The van der Waals surface area contributed by atoms with Crippen molar-refractivity contribution >= 4 is 10.9 Å². The van der Waals surface area contributed by atoms with Gasteiger partial charge in [0.2, 0.25) is 0 Å². The normalized spacial score (nSPS) is 14.5. The highest BCUT2D eigenvalue weighted by molar-refractivity contribution is 5.82.